The predicted octanol–water partition coefficient (Wildman–Crippen LogP) is 4.35. The van der Waals surface area contributed by atoms with E-state index in [1.54, 1.807) is 32.4 Å². The van der Waals surface area contributed by atoms with Crippen LogP contribution in [0.3, 0.4) is 0 Å². The van der Waals surface area contributed by atoms with E-state index in [-0.39, 0.29) is 11.7 Å². The Balaban J connectivity index is 1.73. The summed E-state index contributed by atoms with van der Waals surface area (Å²) in [6.07, 6.45) is 1.60. The smallest absolute Gasteiger partial charge is 0.338 e. The minimum atomic E-state index is -0.659. The number of benzene rings is 3. The van der Waals surface area contributed by atoms with Crippen LogP contribution in [0.25, 0.3) is 16.8 Å². The van der Waals surface area contributed by atoms with Gasteiger partial charge >= 0.3 is 5.97 Å². The number of ether oxygens (including phenoxy) is 2. The second kappa shape index (κ2) is 9.59. The average Bonchev–Trinajstić information content (AvgIpc) is 3.17. The van der Waals surface area contributed by atoms with Crippen LogP contribution in [0.1, 0.15) is 37.9 Å². The molecule has 0 saturated heterocycles. The lowest BCUT2D eigenvalue weighted by Gasteiger charge is -2.25. The third-order valence-corrected chi connectivity index (χ3v) is 7.11. The molecule has 0 amide bonds. The van der Waals surface area contributed by atoms with Gasteiger partial charge in [0.15, 0.2) is 4.80 Å². The number of rotatable bonds is 5. The lowest BCUT2D eigenvalue weighted by Crippen LogP contribution is -2.40. The van der Waals surface area contributed by atoms with Crippen molar-refractivity contribution in [1.29, 1.82) is 0 Å². The SMILES string of the molecule is COc1ccc(C2C(C(=O)OC(C)C)=C(C)N=c3sc(=Cc4cccc5ccccc45)c(=O)n32)cc1. The second-order valence-electron chi connectivity index (χ2n) is 8.88. The van der Waals surface area contributed by atoms with Gasteiger partial charge in [-0.25, -0.2) is 9.79 Å². The van der Waals surface area contributed by atoms with Gasteiger partial charge in [-0.05, 0) is 60.9 Å². The molecule has 1 aliphatic heterocycles. The molecule has 1 aliphatic rings. The van der Waals surface area contributed by atoms with Crippen LogP contribution in [-0.4, -0.2) is 23.8 Å². The maximum Gasteiger partial charge on any atom is 0.338 e. The molecule has 0 spiro atoms. The fourth-order valence-corrected chi connectivity index (χ4v) is 5.52. The summed E-state index contributed by atoms with van der Waals surface area (Å²) in [5, 5.41) is 2.17. The lowest BCUT2D eigenvalue weighted by molar-refractivity contribution is -0.143. The van der Waals surface area contributed by atoms with Gasteiger partial charge in [0.2, 0.25) is 0 Å². The highest BCUT2D eigenvalue weighted by Crippen LogP contribution is 2.32. The first kappa shape index (κ1) is 23.8. The van der Waals surface area contributed by atoms with Crippen LogP contribution in [0.5, 0.6) is 5.75 Å². The summed E-state index contributed by atoms with van der Waals surface area (Å²) in [4.78, 5) is 32.3. The van der Waals surface area contributed by atoms with Crippen molar-refractivity contribution in [3.05, 3.63) is 109 Å². The second-order valence-corrected chi connectivity index (χ2v) is 9.89. The first-order valence-electron chi connectivity index (χ1n) is 11.7. The van der Waals surface area contributed by atoms with Gasteiger partial charge in [0.25, 0.3) is 5.56 Å². The van der Waals surface area contributed by atoms with Gasteiger partial charge in [0.05, 0.1) is 35.1 Å². The molecule has 4 aromatic rings. The summed E-state index contributed by atoms with van der Waals surface area (Å²) < 4.78 is 13.0. The molecule has 0 N–H and O–H groups in total. The fraction of sp³-hybridized carbons (Fsp3) is 0.207. The van der Waals surface area contributed by atoms with Crippen LogP contribution in [0.4, 0.5) is 0 Å². The van der Waals surface area contributed by atoms with Crippen molar-refractivity contribution in [2.75, 3.05) is 7.11 Å². The topological polar surface area (TPSA) is 69.9 Å². The molecule has 1 aromatic heterocycles. The quantitative estimate of drug-likeness (QED) is 0.384. The zero-order valence-electron chi connectivity index (χ0n) is 20.5. The summed E-state index contributed by atoms with van der Waals surface area (Å²) in [5.41, 5.74) is 2.43. The Labute approximate surface area is 212 Å². The highest BCUT2D eigenvalue weighted by atomic mass is 32.1. The van der Waals surface area contributed by atoms with E-state index in [1.165, 1.54) is 11.3 Å². The molecule has 0 radical (unpaired) electrons. The molecule has 1 unspecified atom stereocenters. The zero-order chi connectivity index (χ0) is 25.4. The lowest BCUT2D eigenvalue weighted by atomic mass is 9.96. The van der Waals surface area contributed by atoms with Crippen molar-refractivity contribution in [2.45, 2.75) is 32.9 Å². The maximum atomic E-state index is 13.8. The van der Waals surface area contributed by atoms with Gasteiger partial charge in [-0.1, -0.05) is 65.9 Å². The molecular formula is C29H26N2O4S. The Morgan fingerprint density at radius 2 is 1.78 bits per heavy atom. The molecule has 182 valence electrons. The summed E-state index contributed by atoms with van der Waals surface area (Å²) in [7, 11) is 1.60. The highest BCUT2D eigenvalue weighted by molar-refractivity contribution is 7.07. The number of allylic oxidation sites excluding steroid dienone is 1. The molecule has 1 atom stereocenters. The van der Waals surface area contributed by atoms with Crippen molar-refractivity contribution >= 4 is 34.2 Å². The molecule has 0 fully saturated rings. The molecule has 0 saturated carbocycles. The largest absolute Gasteiger partial charge is 0.497 e. The van der Waals surface area contributed by atoms with Crippen LogP contribution in [0.15, 0.2) is 87.8 Å². The van der Waals surface area contributed by atoms with E-state index in [0.29, 0.717) is 26.4 Å². The van der Waals surface area contributed by atoms with Crippen molar-refractivity contribution in [2.24, 2.45) is 4.99 Å². The van der Waals surface area contributed by atoms with Crippen molar-refractivity contribution in [3.63, 3.8) is 0 Å². The Hall–Kier alpha value is -3.97. The molecule has 36 heavy (non-hydrogen) atoms. The number of carbonyl (C=O) groups excluding carboxylic acids is 1. The standard InChI is InChI=1S/C29H26N2O4S/c1-17(2)35-28(33)25-18(3)30-29-31(26(25)20-12-14-22(34-4)15-13-20)27(32)24(36-29)16-21-10-7-9-19-8-5-6-11-23(19)21/h5-17,26H,1-4H3. The number of nitrogens with zero attached hydrogens (tertiary/aromatic N) is 2. The van der Waals surface area contributed by atoms with Crippen LogP contribution >= 0.6 is 11.3 Å². The number of esters is 1. The van der Waals surface area contributed by atoms with Crippen LogP contribution < -0.4 is 19.6 Å². The predicted molar refractivity (Wildman–Crippen MR) is 142 cm³/mol. The van der Waals surface area contributed by atoms with E-state index in [1.807, 2.05) is 72.8 Å². The summed E-state index contributed by atoms with van der Waals surface area (Å²) >= 11 is 1.32. The Kier molecular flexibility index (Phi) is 6.33. The van der Waals surface area contributed by atoms with Gasteiger partial charge in [0, 0.05) is 0 Å². The number of fused-ring (bicyclic) bond motifs is 2. The fourth-order valence-electron chi connectivity index (χ4n) is 4.48. The minimum Gasteiger partial charge on any atom is -0.497 e. The molecule has 0 bridgehead atoms. The normalized spacial score (nSPS) is 15.7. The van der Waals surface area contributed by atoms with Gasteiger partial charge in [-0.15, -0.1) is 0 Å². The van der Waals surface area contributed by atoms with Crippen molar-refractivity contribution in [3.8, 4) is 5.75 Å². The average molecular weight is 499 g/mol. The van der Waals surface area contributed by atoms with E-state index in [4.69, 9.17) is 9.47 Å². The first-order chi connectivity index (χ1) is 17.4. The Bertz CT molecular complexity index is 1670. The van der Waals surface area contributed by atoms with E-state index >= 15 is 0 Å². The molecule has 6 nitrogen and oxygen atoms in total. The molecule has 0 aliphatic carbocycles. The number of hydrogen-bond acceptors (Lipinski definition) is 6. The van der Waals surface area contributed by atoms with Crippen molar-refractivity contribution in [1.82, 2.24) is 4.57 Å². The molecule has 5 rings (SSSR count). The molecule has 3 aromatic carbocycles. The van der Waals surface area contributed by atoms with Gasteiger partial charge < -0.3 is 9.47 Å². The number of thiazole rings is 1. The highest BCUT2D eigenvalue weighted by Gasteiger charge is 2.33. The minimum absolute atomic E-state index is 0.199. The summed E-state index contributed by atoms with van der Waals surface area (Å²) in [6, 6.07) is 20.8. The zero-order valence-corrected chi connectivity index (χ0v) is 21.3. The van der Waals surface area contributed by atoms with Crippen LogP contribution in [0, 0.1) is 0 Å². The monoisotopic (exact) mass is 498 g/mol. The Morgan fingerprint density at radius 1 is 1.06 bits per heavy atom. The number of methoxy groups -OCH3 is 1. The Morgan fingerprint density at radius 3 is 2.50 bits per heavy atom. The summed E-state index contributed by atoms with van der Waals surface area (Å²) in [6.45, 7) is 5.39. The third-order valence-electron chi connectivity index (χ3n) is 6.13. The van der Waals surface area contributed by atoms with E-state index in [2.05, 4.69) is 4.99 Å². The molecular weight excluding hydrogens is 472 g/mol. The molecule has 7 heteroatoms. The van der Waals surface area contributed by atoms with Gasteiger partial charge in [-0.2, -0.15) is 0 Å². The van der Waals surface area contributed by atoms with Gasteiger partial charge in [-0.3, -0.25) is 9.36 Å². The van der Waals surface area contributed by atoms with Crippen molar-refractivity contribution < 1.29 is 14.3 Å². The van der Waals surface area contributed by atoms with Crippen LogP contribution in [-0.2, 0) is 9.53 Å². The van der Waals surface area contributed by atoms with E-state index in [0.717, 1.165) is 21.9 Å². The number of carbonyl (C=O) groups is 1. The van der Waals surface area contributed by atoms with E-state index in [9.17, 15) is 9.59 Å². The van der Waals surface area contributed by atoms with Crippen LogP contribution in [0.2, 0.25) is 0 Å². The van der Waals surface area contributed by atoms with Gasteiger partial charge in [0.1, 0.15) is 5.75 Å². The van der Waals surface area contributed by atoms with E-state index < -0.39 is 12.0 Å². The number of aromatic nitrogens is 1. The summed E-state index contributed by atoms with van der Waals surface area (Å²) in [5.74, 6) is 0.213. The maximum absolute atomic E-state index is 13.8. The molecule has 2 heterocycles. The third kappa shape index (κ3) is 4.27. The first-order valence-corrected chi connectivity index (χ1v) is 12.5. The number of hydrogen-bond donors (Lipinski definition) is 0.